The van der Waals surface area contributed by atoms with Crippen LogP contribution in [0.3, 0.4) is 0 Å². The molecule has 0 aliphatic carbocycles. The van der Waals surface area contributed by atoms with E-state index in [2.05, 4.69) is 23.8 Å². The van der Waals surface area contributed by atoms with Crippen LogP contribution < -0.4 is 0 Å². The van der Waals surface area contributed by atoms with Gasteiger partial charge in [-0.05, 0) is 30.5 Å². The SMILES string of the molecule is CC(C)Cc1sc(-c2cc(C(=O)O)c(F)cn2)nc1-c1ccc(Cl)c(Cl)c1. The molecule has 0 spiro atoms. The first-order chi connectivity index (χ1) is 12.8. The molecule has 0 aliphatic heterocycles. The Labute approximate surface area is 169 Å². The van der Waals surface area contributed by atoms with Crippen molar-refractivity contribution in [3.8, 4) is 22.0 Å². The third kappa shape index (κ3) is 4.29. The Bertz CT molecular complexity index is 1020. The number of pyridine rings is 1. The highest BCUT2D eigenvalue weighted by atomic mass is 35.5. The summed E-state index contributed by atoms with van der Waals surface area (Å²) in [5, 5.41) is 10.5. The Kier molecular flexibility index (Phi) is 5.79. The van der Waals surface area contributed by atoms with Gasteiger partial charge in [-0.15, -0.1) is 11.3 Å². The monoisotopic (exact) mass is 424 g/mol. The molecule has 0 unspecified atom stereocenters. The molecule has 27 heavy (non-hydrogen) atoms. The van der Waals surface area contributed by atoms with E-state index in [4.69, 9.17) is 28.3 Å². The van der Waals surface area contributed by atoms with E-state index < -0.39 is 17.3 Å². The lowest BCUT2D eigenvalue weighted by molar-refractivity contribution is 0.0691. The number of hydrogen-bond acceptors (Lipinski definition) is 4. The van der Waals surface area contributed by atoms with E-state index in [0.29, 0.717) is 26.7 Å². The number of thiazole rings is 1. The van der Waals surface area contributed by atoms with E-state index in [-0.39, 0.29) is 0 Å². The molecule has 3 aromatic rings. The number of carboxylic acids is 1. The van der Waals surface area contributed by atoms with Gasteiger partial charge in [-0.25, -0.2) is 14.2 Å². The van der Waals surface area contributed by atoms with Crippen LogP contribution >= 0.6 is 34.5 Å². The number of hydrogen-bond donors (Lipinski definition) is 1. The fraction of sp³-hybridized carbons (Fsp3) is 0.211. The summed E-state index contributed by atoms with van der Waals surface area (Å²) in [5.41, 5.74) is 1.43. The summed E-state index contributed by atoms with van der Waals surface area (Å²) in [6.07, 6.45) is 1.68. The van der Waals surface area contributed by atoms with E-state index >= 15 is 0 Å². The highest BCUT2D eigenvalue weighted by Crippen LogP contribution is 2.37. The first-order valence-corrected chi connectivity index (χ1v) is 9.67. The molecule has 0 aliphatic rings. The second kappa shape index (κ2) is 7.92. The molecule has 0 saturated carbocycles. The summed E-state index contributed by atoms with van der Waals surface area (Å²) in [5.74, 6) is -1.84. The van der Waals surface area contributed by atoms with Crippen LogP contribution in [0.25, 0.3) is 22.0 Å². The first-order valence-electron chi connectivity index (χ1n) is 8.10. The van der Waals surface area contributed by atoms with Gasteiger partial charge in [0.05, 0.1) is 33.2 Å². The van der Waals surface area contributed by atoms with Crippen LogP contribution in [-0.4, -0.2) is 21.0 Å². The van der Waals surface area contributed by atoms with Crippen molar-refractivity contribution in [1.82, 2.24) is 9.97 Å². The van der Waals surface area contributed by atoms with Gasteiger partial charge < -0.3 is 5.11 Å². The first kappa shape index (κ1) is 19.7. The van der Waals surface area contributed by atoms with Crippen molar-refractivity contribution in [2.45, 2.75) is 20.3 Å². The zero-order valence-electron chi connectivity index (χ0n) is 14.5. The van der Waals surface area contributed by atoms with Gasteiger partial charge in [0.15, 0.2) is 5.82 Å². The Morgan fingerprint density at radius 3 is 2.63 bits per heavy atom. The molecule has 0 fully saturated rings. The number of nitrogens with zero attached hydrogens (tertiary/aromatic N) is 2. The number of halogens is 3. The van der Waals surface area contributed by atoms with Crippen molar-refractivity contribution in [3.05, 3.63) is 56.8 Å². The average Bonchev–Trinajstić information content (AvgIpc) is 3.00. The lowest BCUT2D eigenvalue weighted by Gasteiger charge is -2.06. The van der Waals surface area contributed by atoms with Gasteiger partial charge in [-0.1, -0.05) is 43.1 Å². The molecular formula is C19H15Cl2FN2O2S. The third-order valence-electron chi connectivity index (χ3n) is 3.79. The quantitative estimate of drug-likeness (QED) is 0.528. The Morgan fingerprint density at radius 2 is 2.00 bits per heavy atom. The molecule has 0 amide bonds. The molecule has 1 N–H and O–H groups in total. The summed E-state index contributed by atoms with van der Waals surface area (Å²) in [7, 11) is 0. The molecule has 2 heterocycles. The lowest BCUT2D eigenvalue weighted by Crippen LogP contribution is -2.02. The minimum absolute atomic E-state index is 0.315. The summed E-state index contributed by atoms with van der Waals surface area (Å²) in [6.45, 7) is 4.19. The second-order valence-corrected chi connectivity index (χ2v) is 8.27. The number of aromatic nitrogens is 2. The Morgan fingerprint density at radius 1 is 1.26 bits per heavy atom. The minimum atomic E-state index is -1.35. The van der Waals surface area contributed by atoms with Crippen LogP contribution in [0.4, 0.5) is 4.39 Å². The summed E-state index contributed by atoms with van der Waals surface area (Å²) in [6, 6.07) is 6.48. The topological polar surface area (TPSA) is 63.1 Å². The zero-order chi connectivity index (χ0) is 19.7. The molecule has 0 saturated heterocycles. The third-order valence-corrected chi connectivity index (χ3v) is 5.63. The standard InChI is InChI=1S/C19H15Cl2FN2O2S/c1-9(2)5-16-17(10-3-4-12(20)13(21)6-10)24-18(27-16)15-7-11(19(25)26)14(22)8-23-15/h3-4,6-9H,5H2,1-2H3,(H,25,26). The average molecular weight is 425 g/mol. The van der Waals surface area contributed by atoms with Crippen molar-refractivity contribution in [3.63, 3.8) is 0 Å². The lowest BCUT2D eigenvalue weighted by atomic mass is 10.0. The van der Waals surface area contributed by atoms with Crippen LogP contribution in [-0.2, 0) is 6.42 Å². The van der Waals surface area contributed by atoms with E-state index in [1.54, 1.807) is 12.1 Å². The van der Waals surface area contributed by atoms with Crippen LogP contribution in [0.1, 0.15) is 29.1 Å². The fourth-order valence-corrected chi connectivity index (χ4v) is 4.12. The number of benzene rings is 1. The van der Waals surface area contributed by atoms with E-state index in [9.17, 15) is 9.18 Å². The molecule has 0 bridgehead atoms. The molecule has 8 heteroatoms. The number of carboxylic acid groups (broad SMARTS) is 1. The van der Waals surface area contributed by atoms with Crippen molar-refractivity contribution < 1.29 is 14.3 Å². The highest BCUT2D eigenvalue weighted by Gasteiger charge is 2.19. The summed E-state index contributed by atoms with van der Waals surface area (Å²) >= 11 is 13.6. The normalized spacial score (nSPS) is 11.2. The molecule has 1 aromatic carbocycles. The van der Waals surface area contributed by atoms with Crippen LogP contribution in [0.5, 0.6) is 0 Å². The Hall–Kier alpha value is -2.02. The summed E-state index contributed by atoms with van der Waals surface area (Å²) < 4.78 is 13.7. The number of carbonyl (C=O) groups is 1. The van der Waals surface area contributed by atoms with Crippen molar-refractivity contribution in [2.24, 2.45) is 5.92 Å². The fourth-order valence-electron chi connectivity index (χ4n) is 2.56. The Balaban J connectivity index is 2.13. The van der Waals surface area contributed by atoms with Gasteiger partial charge in [-0.2, -0.15) is 0 Å². The van der Waals surface area contributed by atoms with Gasteiger partial charge in [0.2, 0.25) is 0 Å². The minimum Gasteiger partial charge on any atom is -0.478 e. The summed E-state index contributed by atoms with van der Waals surface area (Å²) in [4.78, 5) is 20.9. The van der Waals surface area contributed by atoms with Gasteiger partial charge in [-0.3, -0.25) is 4.98 Å². The van der Waals surface area contributed by atoms with Gasteiger partial charge in [0, 0.05) is 10.4 Å². The molecule has 2 aromatic heterocycles. The molecular weight excluding hydrogens is 410 g/mol. The maximum absolute atomic E-state index is 13.7. The van der Waals surface area contributed by atoms with E-state index in [0.717, 1.165) is 28.8 Å². The maximum Gasteiger partial charge on any atom is 0.338 e. The maximum atomic E-state index is 13.7. The van der Waals surface area contributed by atoms with E-state index in [1.807, 2.05) is 6.07 Å². The van der Waals surface area contributed by atoms with Crippen LogP contribution in [0, 0.1) is 11.7 Å². The predicted octanol–water partition coefficient (Wildman–Crippen LogP) is 6.21. The van der Waals surface area contributed by atoms with Crippen molar-refractivity contribution in [2.75, 3.05) is 0 Å². The molecule has 140 valence electrons. The molecule has 3 rings (SSSR count). The van der Waals surface area contributed by atoms with Crippen LogP contribution in [0.2, 0.25) is 10.0 Å². The largest absolute Gasteiger partial charge is 0.478 e. The zero-order valence-corrected chi connectivity index (χ0v) is 16.8. The smallest absolute Gasteiger partial charge is 0.338 e. The van der Waals surface area contributed by atoms with Crippen LogP contribution in [0.15, 0.2) is 30.5 Å². The number of aromatic carboxylic acids is 1. The molecule has 0 radical (unpaired) electrons. The van der Waals surface area contributed by atoms with Gasteiger partial charge >= 0.3 is 5.97 Å². The predicted molar refractivity (Wildman–Crippen MR) is 106 cm³/mol. The van der Waals surface area contributed by atoms with Gasteiger partial charge in [0.1, 0.15) is 5.01 Å². The second-order valence-electron chi connectivity index (χ2n) is 6.37. The van der Waals surface area contributed by atoms with Crippen molar-refractivity contribution in [1.29, 1.82) is 0 Å². The van der Waals surface area contributed by atoms with E-state index in [1.165, 1.54) is 17.4 Å². The van der Waals surface area contributed by atoms with Gasteiger partial charge in [0.25, 0.3) is 0 Å². The highest BCUT2D eigenvalue weighted by molar-refractivity contribution is 7.15. The molecule has 0 atom stereocenters. The molecule has 4 nitrogen and oxygen atoms in total. The number of rotatable bonds is 5. The van der Waals surface area contributed by atoms with Crippen molar-refractivity contribution >= 4 is 40.5 Å².